The van der Waals surface area contributed by atoms with E-state index in [1.165, 1.54) is 11.1 Å². The fourth-order valence-corrected chi connectivity index (χ4v) is 3.41. The number of aryl methyl sites for hydroxylation is 1. The number of rotatable bonds is 4. The van der Waals surface area contributed by atoms with E-state index in [1.54, 1.807) is 6.07 Å². The molecule has 2 N–H and O–H groups in total. The van der Waals surface area contributed by atoms with E-state index in [1.807, 2.05) is 20.8 Å². The van der Waals surface area contributed by atoms with Gasteiger partial charge in [-0.3, -0.25) is 4.79 Å². The van der Waals surface area contributed by atoms with E-state index in [2.05, 4.69) is 39.0 Å². The van der Waals surface area contributed by atoms with Crippen LogP contribution in [-0.4, -0.2) is 16.0 Å². The molecule has 3 aromatic rings. The van der Waals surface area contributed by atoms with E-state index in [0.29, 0.717) is 23.2 Å². The van der Waals surface area contributed by atoms with Crippen LogP contribution in [0.2, 0.25) is 0 Å². The standard InChI is InChI=1S/C20H22N4O2.ClH/c1-11(2)18-17-16(6-12(3)23-20(17)26-24-18)19(25)22-8-13-4-5-14-9-21-10-15(14)7-13;/h4-7,11,21H,8-10H2,1-3H3,(H,22,25);1H. The van der Waals surface area contributed by atoms with E-state index in [4.69, 9.17) is 4.52 Å². The van der Waals surface area contributed by atoms with Crippen LogP contribution in [0.15, 0.2) is 28.8 Å². The molecular formula is C20H23ClN4O2. The van der Waals surface area contributed by atoms with Crippen LogP contribution in [0.4, 0.5) is 0 Å². The molecule has 0 bridgehead atoms. The van der Waals surface area contributed by atoms with E-state index in [0.717, 1.165) is 30.0 Å². The van der Waals surface area contributed by atoms with Crippen molar-refractivity contribution in [2.24, 2.45) is 0 Å². The first-order chi connectivity index (χ1) is 12.5. The number of halogens is 1. The predicted octanol–water partition coefficient (Wildman–Crippen LogP) is 3.61. The number of hydrogen-bond donors (Lipinski definition) is 2. The van der Waals surface area contributed by atoms with Crippen molar-refractivity contribution in [1.29, 1.82) is 0 Å². The third-order valence-corrected chi connectivity index (χ3v) is 4.75. The number of carbonyl (C=O) groups excluding carboxylic acids is 1. The second kappa shape index (κ2) is 7.66. The van der Waals surface area contributed by atoms with Crippen LogP contribution in [-0.2, 0) is 19.6 Å². The van der Waals surface area contributed by atoms with Crippen molar-refractivity contribution in [3.63, 3.8) is 0 Å². The quantitative estimate of drug-likeness (QED) is 0.716. The number of benzene rings is 1. The smallest absolute Gasteiger partial charge is 0.259 e. The molecule has 1 aromatic carbocycles. The Morgan fingerprint density at radius 1 is 1.26 bits per heavy atom. The molecule has 4 rings (SSSR count). The van der Waals surface area contributed by atoms with Gasteiger partial charge in [-0.25, -0.2) is 4.98 Å². The monoisotopic (exact) mass is 386 g/mol. The average molecular weight is 387 g/mol. The van der Waals surface area contributed by atoms with Gasteiger partial charge in [0.15, 0.2) is 0 Å². The zero-order valence-corrected chi connectivity index (χ0v) is 16.4. The van der Waals surface area contributed by atoms with Gasteiger partial charge >= 0.3 is 0 Å². The Balaban J connectivity index is 0.00000210. The van der Waals surface area contributed by atoms with Gasteiger partial charge in [-0.15, -0.1) is 12.4 Å². The molecule has 0 spiro atoms. The maximum absolute atomic E-state index is 12.9. The zero-order valence-electron chi connectivity index (χ0n) is 15.6. The van der Waals surface area contributed by atoms with Gasteiger partial charge in [0.2, 0.25) is 0 Å². The summed E-state index contributed by atoms with van der Waals surface area (Å²) < 4.78 is 5.35. The van der Waals surface area contributed by atoms with Crippen LogP contribution in [0, 0.1) is 6.92 Å². The van der Waals surface area contributed by atoms with Crippen molar-refractivity contribution < 1.29 is 9.32 Å². The molecule has 0 radical (unpaired) electrons. The molecule has 0 saturated heterocycles. The van der Waals surface area contributed by atoms with Crippen LogP contribution in [0.25, 0.3) is 11.1 Å². The predicted molar refractivity (Wildman–Crippen MR) is 106 cm³/mol. The topological polar surface area (TPSA) is 80.0 Å². The minimum absolute atomic E-state index is 0. The molecule has 0 saturated carbocycles. The second-order valence-corrected chi connectivity index (χ2v) is 7.10. The normalized spacial score (nSPS) is 12.9. The lowest BCUT2D eigenvalue weighted by molar-refractivity contribution is 0.0952. The molecule has 6 nitrogen and oxygen atoms in total. The largest absolute Gasteiger partial charge is 0.348 e. The van der Waals surface area contributed by atoms with Gasteiger partial charge in [-0.1, -0.05) is 37.2 Å². The van der Waals surface area contributed by atoms with Crippen molar-refractivity contribution in [2.75, 3.05) is 0 Å². The van der Waals surface area contributed by atoms with Crippen molar-refractivity contribution in [1.82, 2.24) is 20.8 Å². The summed E-state index contributed by atoms with van der Waals surface area (Å²) >= 11 is 0. The van der Waals surface area contributed by atoms with E-state index >= 15 is 0 Å². The van der Waals surface area contributed by atoms with Crippen LogP contribution in [0.3, 0.4) is 0 Å². The van der Waals surface area contributed by atoms with Gasteiger partial charge in [0.05, 0.1) is 16.6 Å². The maximum Gasteiger partial charge on any atom is 0.259 e. The molecule has 7 heteroatoms. The fraction of sp³-hybridized carbons (Fsp3) is 0.350. The number of amides is 1. The minimum Gasteiger partial charge on any atom is -0.348 e. The molecular weight excluding hydrogens is 364 g/mol. The summed E-state index contributed by atoms with van der Waals surface area (Å²) in [7, 11) is 0. The first-order valence-electron chi connectivity index (χ1n) is 8.89. The minimum atomic E-state index is -0.135. The van der Waals surface area contributed by atoms with Crippen LogP contribution >= 0.6 is 12.4 Å². The van der Waals surface area contributed by atoms with Crippen molar-refractivity contribution >= 4 is 29.4 Å². The highest BCUT2D eigenvalue weighted by atomic mass is 35.5. The van der Waals surface area contributed by atoms with E-state index < -0.39 is 0 Å². The Morgan fingerprint density at radius 2 is 2.04 bits per heavy atom. The van der Waals surface area contributed by atoms with Gasteiger partial charge in [0.25, 0.3) is 11.6 Å². The number of nitrogens with one attached hydrogen (secondary N) is 2. The molecule has 0 unspecified atom stereocenters. The molecule has 1 amide bonds. The van der Waals surface area contributed by atoms with Gasteiger partial charge in [0.1, 0.15) is 0 Å². The van der Waals surface area contributed by atoms with Crippen LogP contribution in [0.1, 0.15) is 58.2 Å². The lowest BCUT2D eigenvalue weighted by atomic mass is 10.0. The molecule has 0 aliphatic carbocycles. The van der Waals surface area contributed by atoms with Gasteiger partial charge in [-0.2, -0.15) is 0 Å². The first kappa shape index (κ1) is 19.3. The highest BCUT2D eigenvalue weighted by Gasteiger charge is 2.21. The summed E-state index contributed by atoms with van der Waals surface area (Å²) in [6.45, 7) is 8.19. The highest BCUT2D eigenvalue weighted by Crippen LogP contribution is 2.27. The first-order valence-corrected chi connectivity index (χ1v) is 8.89. The summed E-state index contributed by atoms with van der Waals surface area (Å²) in [6, 6.07) is 8.15. The summed E-state index contributed by atoms with van der Waals surface area (Å²) in [5.74, 6) is 0.0146. The maximum atomic E-state index is 12.9. The Morgan fingerprint density at radius 3 is 2.81 bits per heavy atom. The zero-order chi connectivity index (χ0) is 18.3. The number of nitrogens with zero attached hydrogens (tertiary/aromatic N) is 2. The third-order valence-electron chi connectivity index (χ3n) is 4.75. The molecule has 0 fully saturated rings. The summed E-state index contributed by atoms with van der Waals surface area (Å²) in [5, 5.41) is 11.2. The van der Waals surface area contributed by atoms with Gasteiger partial charge < -0.3 is 15.2 Å². The van der Waals surface area contributed by atoms with Crippen molar-refractivity contribution in [3.05, 3.63) is 57.9 Å². The summed E-state index contributed by atoms with van der Waals surface area (Å²) in [5.41, 5.74) is 6.22. The molecule has 1 aliphatic heterocycles. The Labute approximate surface area is 164 Å². The number of fused-ring (bicyclic) bond motifs is 2. The summed E-state index contributed by atoms with van der Waals surface area (Å²) in [6.07, 6.45) is 0. The molecule has 3 heterocycles. The molecule has 2 aromatic heterocycles. The number of pyridine rings is 1. The average Bonchev–Trinajstić information content (AvgIpc) is 3.24. The third kappa shape index (κ3) is 3.68. The van der Waals surface area contributed by atoms with Gasteiger partial charge in [0, 0.05) is 25.3 Å². The van der Waals surface area contributed by atoms with E-state index in [9.17, 15) is 4.79 Å². The van der Waals surface area contributed by atoms with E-state index in [-0.39, 0.29) is 24.2 Å². The Kier molecular flexibility index (Phi) is 5.48. The molecule has 27 heavy (non-hydrogen) atoms. The SMILES string of the molecule is Cc1cc(C(=O)NCc2ccc3c(c2)CNC3)c2c(C(C)C)noc2n1.Cl. The number of carbonyl (C=O) groups is 1. The number of hydrogen-bond acceptors (Lipinski definition) is 5. The van der Waals surface area contributed by atoms with Crippen molar-refractivity contribution in [2.45, 2.75) is 46.3 Å². The Bertz CT molecular complexity index is 997. The summed E-state index contributed by atoms with van der Waals surface area (Å²) in [4.78, 5) is 17.2. The number of aromatic nitrogens is 2. The second-order valence-electron chi connectivity index (χ2n) is 7.10. The molecule has 142 valence electrons. The molecule has 0 atom stereocenters. The van der Waals surface area contributed by atoms with Crippen LogP contribution in [0.5, 0.6) is 0 Å². The molecule has 1 aliphatic rings. The van der Waals surface area contributed by atoms with Crippen molar-refractivity contribution in [3.8, 4) is 0 Å². The lowest BCUT2D eigenvalue weighted by Crippen LogP contribution is -2.23. The van der Waals surface area contributed by atoms with Gasteiger partial charge in [-0.05, 0) is 35.6 Å². The Hall–Kier alpha value is -2.44. The van der Waals surface area contributed by atoms with Crippen LogP contribution < -0.4 is 10.6 Å². The fourth-order valence-electron chi connectivity index (χ4n) is 3.41. The lowest BCUT2D eigenvalue weighted by Gasteiger charge is -2.09. The highest BCUT2D eigenvalue weighted by molar-refractivity contribution is 6.06.